The number of rotatable bonds is 2. The lowest BCUT2D eigenvalue weighted by Gasteiger charge is -1.86. The Hall–Kier alpha value is -0.820. The van der Waals surface area contributed by atoms with Gasteiger partial charge in [-0.1, -0.05) is 0 Å². The van der Waals surface area contributed by atoms with Crippen molar-refractivity contribution in [1.82, 2.24) is 4.98 Å². The van der Waals surface area contributed by atoms with Crippen LogP contribution in [0.5, 0.6) is 0 Å². The minimum absolute atomic E-state index is 0.276. The molecule has 0 saturated heterocycles. The van der Waals surface area contributed by atoms with E-state index in [1.54, 1.807) is 0 Å². The first-order valence-corrected chi connectivity index (χ1v) is 4.36. The van der Waals surface area contributed by atoms with Gasteiger partial charge in [-0.15, -0.1) is 11.3 Å². The maximum Gasteiger partial charge on any atom is 0.223 e. The monoisotopic (exact) mass is 179 g/mol. The lowest BCUT2D eigenvalue weighted by Crippen LogP contribution is -1.94. The molecule has 1 aromatic heterocycles. The Morgan fingerprint density at radius 1 is 1.70 bits per heavy atom. The van der Waals surface area contributed by atoms with Crippen LogP contribution in [0.25, 0.3) is 0 Å². The molecule has 56 valence electrons. The second kappa shape index (κ2) is 2.84. The predicted octanol–water partition coefficient (Wildman–Crippen LogP) is -0.336. The molecule has 7 heteroatoms. The predicted molar refractivity (Wildman–Crippen MR) is 40.5 cm³/mol. The minimum atomic E-state index is -2.62. The molecule has 3 N–H and O–H groups in total. The first-order valence-electron chi connectivity index (χ1n) is 2.30. The van der Waals surface area contributed by atoms with Gasteiger partial charge >= 0.3 is 0 Å². The van der Waals surface area contributed by atoms with E-state index in [1.807, 2.05) is 0 Å². The maximum absolute atomic E-state index is 10.0. The van der Waals surface area contributed by atoms with Crippen LogP contribution in [0.3, 0.4) is 0 Å². The summed E-state index contributed by atoms with van der Waals surface area (Å²) in [5.41, 5.74) is 5.22. The minimum Gasteiger partial charge on any atom is -0.375 e. The van der Waals surface area contributed by atoms with Gasteiger partial charge in [-0.05, 0) is 0 Å². The number of nitrogen functional groups attached to an aromatic ring is 1. The van der Waals surface area contributed by atoms with E-state index < -0.39 is 10.9 Å². The molecular weight excluding hydrogens is 174 g/mol. The van der Waals surface area contributed by atoms with Gasteiger partial charge in [0.1, 0.15) is 0 Å². The summed E-state index contributed by atoms with van der Waals surface area (Å²) in [6.45, 7) is 0. The zero-order valence-corrected chi connectivity index (χ0v) is 6.48. The molecule has 1 rings (SSSR count). The lowest BCUT2D eigenvalue weighted by molar-refractivity contribution is 0.619. The van der Waals surface area contributed by atoms with Crippen molar-refractivity contribution < 1.29 is 8.42 Å². The largest absolute Gasteiger partial charge is 0.375 e. The van der Waals surface area contributed by atoms with E-state index in [2.05, 4.69) is 9.71 Å². The average Bonchev–Trinajstić information content (AvgIpc) is 2.13. The SMILES string of the molecule is Nc1nc(N[SH](=O)=O)cs1. The van der Waals surface area contributed by atoms with Crippen molar-refractivity contribution in [1.29, 1.82) is 0 Å². The number of hydrogen-bond acceptors (Lipinski definition) is 5. The second-order valence-electron chi connectivity index (χ2n) is 1.44. The highest BCUT2D eigenvalue weighted by Crippen LogP contribution is 2.14. The molecule has 5 nitrogen and oxygen atoms in total. The molecule has 0 aliphatic carbocycles. The van der Waals surface area contributed by atoms with Gasteiger partial charge in [-0.3, -0.25) is 4.72 Å². The normalized spacial score (nSPS) is 10.1. The van der Waals surface area contributed by atoms with Crippen molar-refractivity contribution in [3.63, 3.8) is 0 Å². The van der Waals surface area contributed by atoms with E-state index in [9.17, 15) is 8.42 Å². The van der Waals surface area contributed by atoms with Crippen molar-refractivity contribution in [2.45, 2.75) is 0 Å². The zero-order chi connectivity index (χ0) is 7.56. The van der Waals surface area contributed by atoms with Crippen LogP contribution < -0.4 is 10.5 Å². The lowest BCUT2D eigenvalue weighted by atomic mass is 10.8. The maximum atomic E-state index is 10.0. The second-order valence-corrected chi connectivity index (χ2v) is 3.07. The number of aromatic nitrogens is 1. The van der Waals surface area contributed by atoms with Gasteiger partial charge in [0.15, 0.2) is 10.9 Å². The summed E-state index contributed by atoms with van der Waals surface area (Å²) < 4.78 is 22.2. The van der Waals surface area contributed by atoms with E-state index in [1.165, 1.54) is 16.7 Å². The number of nitrogens with zero attached hydrogens (tertiary/aromatic N) is 1. The van der Waals surface area contributed by atoms with Crippen LogP contribution >= 0.6 is 11.3 Å². The summed E-state index contributed by atoms with van der Waals surface area (Å²) in [7, 11) is -2.62. The molecular formula is C3H5N3O2S2. The van der Waals surface area contributed by atoms with Crippen molar-refractivity contribution in [3.8, 4) is 0 Å². The fraction of sp³-hybridized carbons (Fsp3) is 0. The smallest absolute Gasteiger partial charge is 0.223 e. The molecule has 0 aromatic carbocycles. The van der Waals surface area contributed by atoms with Gasteiger partial charge in [0, 0.05) is 5.38 Å². The molecule has 0 unspecified atom stereocenters. The van der Waals surface area contributed by atoms with E-state index >= 15 is 0 Å². The summed E-state index contributed by atoms with van der Waals surface area (Å²) in [4.78, 5) is 3.65. The highest BCUT2D eigenvalue weighted by molar-refractivity contribution is 7.73. The van der Waals surface area contributed by atoms with Crippen LogP contribution in [0.2, 0.25) is 0 Å². The van der Waals surface area contributed by atoms with Crippen molar-refractivity contribution >= 4 is 33.2 Å². The number of hydrogen-bond donors (Lipinski definition) is 3. The van der Waals surface area contributed by atoms with Crippen molar-refractivity contribution in [3.05, 3.63) is 5.38 Å². The molecule has 0 atom stereocenters. The van der Waals surface area contributed by atoms with Crippen LogP contribution in [0.1, 0.15) is 0 Å². The molecule has 10 heavy (non-hydrogen) atoms. The fourth-order valence-electron chi connectivity index (χ4n) is 0.432. The molecule has 0 aliphatic heterocycles. The van der Waals surface area contributed by atoms with Crippen LogP contribution in [0.4, 0.5) is 10.9 Å². The summed E-state index contributed by atoms with van der Waals surface area (Å²) in [6, 6.07) is 0. The van der Waals surface area contributed by atoms with Gasteiger partial charge < -0.3 is 5.73 Å². The Labute approximate surface area is 63.0 Å². The van der Waals surface area contributed by atoms with Gasteiger partial charge in [0.05, 0.1) is 0 Å². The van der Waals surface area contributed by atoms with Crippen molar-refractivity contribution in [2.24, 2.45) is 0 Å². The molecule has 0 bridgehead atoms. The number of thiazole rings is 1. The topological polar surface area (TPSA) is 85.1 Å². The number of nitrogens with one attached hydrogen (secondary N) is 1. The molecule has 0 spiro atoms. The molecule has 1 aromatic rings. The molecule has 0 saturated carbocycles. The van der Waals surface area contributed by atoms with Gasteiger partial charge in [-0.25, -0.2) is 13.4 Å². The highest BCUT2D eigenvalue weighted by Gasteiger charge is 1.95. The Morgan fingerprint density at radius 2 is 2.40 bits per heavy atom. The Balaban J connectivity index is 2.76. The Morgan fingerprint density at radius 3 is 2.80 bits per heavy atom. The molecule has 0 radical (unpaired) electrons. The summed E-state index contributed by atoms with van der Waals surface area (Å²) in [6.07, 6.45) is 0. The molecule has 0 aliphatic rings. The van der Waals surface area contributed by atoms with Gasteiger partial charge in [-0.2, -0.15) is 0 Å². The standard InChI is InChI=1S/C3H5N3O2S2/c4-3-5-2(1-9-3)6-10(7)8/h1,10H,(H2,4,5)(H,6,7,8). The van der Waals surface area contributed by atoms with Crippen molar-refractivity contribution in [2.75, 3.05) is 10.5 Å². The van der Waals surface area contributed by atoms with E-state index in [-0.39, 0.29) is 5.82 Å². The molecule has 1 heterocycles. The fourth-order valence-corrected chi connectivity index (χ4v) is 1.32. The van der Waals surface area contributed by atoms with Crippen LogP contribution in [-0.4, -0.2) is 13.4 Å². The van der Waals surface area contributed by atoms with Gasteiger partial charge in [0.25, 0.3) is 0 Å². The average molecular weight is 179 g/mol. The summed E-state index contributed by atoms with van der Waals surface area (Å²) in [5.74, 6) is 0.276. The van der Waals surface area contributed by atoms with Crippen LogP contribution in [0.15, 0.2) is 5.38 Å². The Bertz CT molecular complexity index is 284. The molecule has 0 fully saturated rings. The highest BCUT2D eigenvalue weighted by atomic mass is 32.2. The molecule has 0 amide bonds. The quantitative estimate of drug-likeness (QED) is 0.542. The van der Waals surface area contributed by atoms with E-state index in [0.29, 0.717) is 5.13 Å². The number of nitrogens with two attached hydrogens (primary N) is 1. The first-order chi connectivity index (χ1) is 4.68. The third-order valence-electron chi connectivity index (χ3n) is 0.728. The summed E-state index contributed by atoms with van der Waals surface area (Å²) >= 11 is 1.18. The third kappa shape index (κ3) is 1.85. The summed E-state index contributed by atoms with van der Waals surface area (Å²) in [5, 5.41) is 1.87. The van der Waals surface area contributed by atoms with E-state index in [4.69, 9.17) is 5.73 Å². The van der Waals surface area contributed by atoms with Crippen LogP contribution in [-0.2, 0) is 10.9 Å². The van der Waals surface area contributed by atoms with E-state index in [0.717, 1.165) is 0 Å². The first kappa shape index (κ1) is 7.29. The van der Waals surface area contributed by atoms with Crippen LogP contribution in [0, 0.1) is 0 Å². The number of anilines is 2. The Kier molecular flexibility index (Phi) is 2.07. The third-order valence-corrected chi connectivity index (χ3v) is 1.81. The van der Waals surface area contributed by atoms with Gasteiger partial charge in [0.2, 0.25) is 10.9 Å². The number of thiol groups is 1. The zero-order valence-electron chi connectivity index (χ0n) is 4.77.